The second kappa shape index (κ2) is 8.22. The lowest BCUT2D eigenvalue weighted by atomic mass is 9.99. The van der Waals surface area contributed by atoms with Crippen LogP contribution in [0.3, 0.4) is 0 Å². The summed E-state index contributed by atoms with van der Waals surface area (Å²) in [7, 11) is 0. The van der Waals surface area contributed by atoms with E-state index in [0.717, 1.165) is 41.5 Å². The Morgan fingerprint density at radius 1 is 1.32 bits per heavy atom. The number of amides is 1. The molecule has 0 spiro atoms. The quantitative estimate of drug-likeness (QED) is 0.897. The molecule has 0 bridgehead atoms. The minimum absolute atomic E-state index is 0. The normalized spacial score (nSPS) is 17.5. The number of rotatable bonds is 4. The highest BCUT2D eigenvalue weighted by Crippen LogP contribution is 2.22. The van der Waals surface area contributed by atoms with Crippen molar-refractivity contribution in [3.8, 4) is 10.6 Å². The van der Waals surface area contributed by atoms with E-state index in [2.05, 4.69) is 20.8 Å². The van der Waals surface area contributed by atoms with Crippen LogP contribution in [0.15, 0.2) is 30.3 Å². The van der Waals surface area contributed by atoms with E-state index in [1.807, 2.05) is 30.3 Å². The van der Waals surface area contributed by atoms with Gasteiger partial charge >= 0.3 is 0 Å². The van der Waals surface area contributed by atoms with Crippen LogP contribution in [0.4, 0.5) is 0 Å². The average molecular weight is 339 g/mol. The van der Waals surface area contributed by atoms with Crippen molar-refractivity contribution in [2.45, 2.75) is 19.4 Å². The number of piperidine rings is 1. The molecule has 5 nitrogen and oxygen atoms in total. The molecule has 1 unspecified atom stereocenters. The maximum absolute atomic E-state index is 12.1. The van der Waals surface area contributed by atoms with Crippen LogP contribution in [0.1, 0.15) is 17.8 Å². The van der Waals surface area contributed by atoms with E-state index in [0.29, 0.717) is 6.54 Å². The zero-order valence-electron chi connectivity index (χ0n) is 12.1. The number of benzene rings is 1. The molecule has 7 heteroatoms. The van der Waals surface area contributed by atoms with Gasteiger partial charge in [0.05, 0.1) is 12.5 Å². The molecule has 2 aromatic rings. The van der Waals surface area contributed by atoms with E-state index in [1.54, 1.807) is 0 Å². The van der Waals surface area contributed by atoms with E-state index >= 15 is 0 Å². The van der Waals surface area contributed by atoms with Crippen LogP contribution >= 0.6 is 23.7 Å². The van der Waals surface area contributed by atoms with Crippen LogP contribution in [-0.2, 0) is 11.3 Å². The molecular formula is C15H19ClN4OS. The Kier molecular flexibility index (Phi) is 6.30. The SMILES string of the molecule is Cl.O=C(NCc1nnc(-c2ccccc2)s1)C1CCCNC1. The van der Waals surface area contributed by atoms with Crippen molar-refractivity contribution >= 4 is 29.7 Å². The highest BCUT2D eigenvalue weighted by Gasteiger charge is 2.20. The van der Waals surface area contributed by atoms with Gasteiger partial charge in [0.25, 0.3) is 0 Å². The van der Waals surface area contributed by atoms with Gasteiger partial charge in [-0.1, -0.05) is 41.7 Å². The zero-order chi connectivity index (χ0) is 14.5. The predicted octanol–water partition coefficient (Wildman–Crippen LogP) is 2.24. The summed E-state index contributed by atoms with van der Waals surface area (Å²) in [6.45, 7) is 2.25. The Bertz CT molecular complexity index is 599. The molecular weight excluding hydrogens is 320 g/mol. The lowest BCUT2D eigenvalue weighted by Gasteiger charge is -2.21. The lowest BCUT2D eigenvalue weighted by Crippen LogP contribution is -2.40. The summed E-state index contributed by atoms with van der Waals surface area (Å²) in [6, 6.07) is 9.96. The molecule has 1 aliphatic rings. The van der Waals surface area contributed by atoms with Crippen LogP contribution < -0.4 is 10.6 Å². The Morgan fingerprint density at radius 3 is 2.86 bits per heavy atom. The van der Waals surface area contributed by atoms with Gasteiger partial charge in [-0.2, -0.15) is 0 Å². The molecule has 2 heterocycles. The first-order chi connectivity index (χ1) is 10.3. The number of carbonyl (C=O) groups excluding carboxylic acids is 1. The molecule has 1 aromatic heterocycles. The van der Waals surface area contributed by atoms with Crippen molar-refractivity contribution in [2.24, 2.45) is 5.92 Å². The van der Waals surface area contributed by atoms with Crippen molar-refractivity contribution in [3.63, 3.8) is 0 Å². The zero-order valence-corrected chi connectivity index (χ0v) is 13.8. The monoisotopic (exact) mass is 338 g/mol. The van der Waals surface area contributed by atoms with E-state index in [1.165, 1.54) is 11.3 Å². The van der Waals surface area contributed by atoms with Gasteiger partial charge in [-0.15, -0.1) is 22.6 Å². The van der Waals surface area contributed by atoms with Gasteiger partial charge in [0, 0.05) is 12.1 Å². The maximum atomic E-state index is 12.1. The predicted molar refractivity (Wildman–Crippen MR) is 90.0 cm³/mol. The van der Waals surface area contributed by atoms with Crippen LogP contribution in [0.25, 0.3) is 10.6 Å². The van der Waals surface area contributed by atoms with Crippen molar-refractivity contribution in [1.29, 1.82) is 0 Å². The number of nitrogens with one attached hydrogen (secondary N) is 2. The second-order valence-electron chi connectivity index (χ2n) is 5.13. The Balaban J connectivity index is 0.00000176. The first-order valence-corrected chi connectivity index (χ1v) is 8.01. The van der Waals surface area contributed by atoms with E-state index in [9.17, 15) is 4.79 Å². The maximum Gasteiger partial charge on any atom is 0.224 e. The van der Waals surface area contributed by atoms with Gasteiger partial charge in [0.1, 0.15) is 10.0 Å². The fourth-order valence-corrected chi connectivity index (χ4v) is 3.19. The fourth-order valence-electron chi connectivity index (χ4n) is 2.41. The van der Waals surface area contributed by atoms with Crippen molar-refractivity contribution < 1.29 is 4.79 Å². The molecule has 0 radical (unpaired) electrons. The molecule has 3 rings (SSSR count). The molecule has 1 aromatic carbocycles. The number of aromatic nitrogens is 2. The highest BCUT2D eigenvalue weighted by molar-refractivity contribution is 7.14. The van der Waals surface area contributed by atoms with Crippen LogP contribution in [-0.4, -0.2) is 29.2 Å². The third-order valence-electron chi connectivity index (χ3n) is 3.57. The van der Waals surface area contributed by atoms with Crippen molar-refractivity contribution in [1.82, 2.24) is 20.8 Å². The van der Waals surface area contributed by atoms with Gasteiger partial charge in [-0.05, 0) is 19.4 Å². The largest absolute Gasteiger partial charge is 0.349 e. The number of hydrogen-bond donors (Lipinski definition) is 2. The number of halogens is 1. The molecule has 1 amide bonds. The van der Waals surface area contributed by atoms with Gasteiger partial charge in [0.15, 0.2) is 0 Å². The van der Waals surface area contributed by atoms with E-state index < -0.39 is 0 Å². The molecule has 22 heavy (non-hydrogen) atoms. The highest BCUT2D eigenvalue weighted by atomic mass is 35.5. The van der Waals surface area contributed by atoms with Gasteiger partial charge in [-0.3, -0.25) is 4.79 Å². The first-order valence-electron chi connectivity index (χ1n) is 7.19. The van der Waals surface area contributed by atoms with Crippen LogP contribution in [0.5, 0.6) is 0 Å². The molecule has 0 saturated carbocycles. The third kappa shape index (κ3) is 4.25. The summed E-state index contributed by atoms with van der Waals surface area (Å²) in [4.78, 5) is 12.1. The summed E-state index contributed by atoms with van der Waals surface area (Å²) in [6.07, 6.45) is 2.03. The van der Waals surface area contributed by atoms with Gasteiger partial charge < -0.3 is 10.6 Å². The molecule has 1 saturated heterocycles. The molecule has 118 valence electrons. The van der Waals surface area contributed by atoms with E-state index in [-0.39, 0.29) is 24.2 Å². The molecule has 1 fully saturated rings. The summed E-state index contributed by atoms with van der Waals surface area (Å²) in [5.74, 6) is 0.193. The standard InChI is InChI=1S/C15H18N4OS.ClH/c20-14(12-7-4-8-16-9-12)17-10-13-18-19-15(21-13)11-5-2-1-3-6-11;/h1-3,5-6,12,16H,4,7-10H2,(H,17,20);1H. The van der Waals surface area contributed by atoms with Gasteiger partial charge in [0.2, 0.25) is 5.91 Å². The number of carbonyl (C=O) groups is 1. The second-order valence-corrected chi connectivity index (χ2v) is 6.19. The summed E-state index contributed by atoms with van der Waals surface area (Å²) in [5.41, 5.74) is 1.06. The van der Waals surface area contributed by atoms with E-state index in [4.69, 9.17) is 0 Å². The Morgan fingerprint density at radius 2 is 2.14 bits per heavy atom. The van der Waals surface area contributed by atoms with Crippen LogP contribution in [0, 0.1) is 5.92 Å². The van der Waals surface area contributed by atoms with Crippen LogP contribution in [0.2, 0.25) is 0 Å². The minimum atomic E-state index is 0. The Hall–Kier alpha value is -1.50. The number of hydrogen-bond acceptors (Lipinski definition) is 5. The fraction of sp³-hybridized carbons (Fsp3) is 0.400. The van der Waals surface area contributed by atoms with Crippen molar-refractivity contribution in [3.05, 3.63) is 35.3 Å². The number of nitrogens with zero attached hydrogens (tertiary/aromatic N) is 2. The molecule has 1 aliphatic heterocycles. The minimum Gasteiger partial charge on any atom is -0.349 e. The average Bonchev–Trinajstić information content (AvgIpc) is 3.03. The van der Waals surface area contributed by atoms with Crippen molar-refractivity contribution in [2.75, 3.05) is 13.1 Å². The lowest BCUT2D eigenvalue weighted by molar-refractivity contribution is -0.125. The topological polar surface area (TPSA) is 66.9 Å². The molecule has 2 N–H and O–H groups in total. The smallest absolute Gasteiger partial charge is 0.224 e. The molecule has 0 aliphatic carbocycles. The molecule has 1 atom stereocenters. The van der Waals surface area contributed by atoms with Gasteiger partial charge in [-0.25, -0.2) is 0 Å². The summed E-state index contributed by atoms with van der Waals surface area (Å²) < 4.78 is 0. The third-order valence-corrected chi connectivity index (χ3v) is 4.54. The Labute approximate surface area is 139 Å². The first kappa shape index (κ1) is 16.9. The summed E-state index contributed by atoms with van der Waals surface area (Å²) >= 11 is 1.52. The summed E-state index contributed by atoms with van der Waals surface area (Å²) in [5, 5.41) is 16.3.